The lowest BCUT2D eigenvalue weighted by atomic mass is 10.0. The minimum atomic E-state index is -4.80. The molecule has 1 unspecified atom stereocenters. The van der Waals surface area contributed by atoms with E-state index in [9.17, 15) is 27.6 Å². The summed E-state index contributed by atoms with van der Waals surface area (Å²) in [5, 5.41) is 2.74. The third-order valence-corrected chi connectivity index (χ3v) is 5.49. The molecule has 1 aromatic heterocycles. The first-order valence-corrected chi connectivity index (χ1v) is 10.8. The van der Waals surface area contributed by atoms with E-state index in [1.54, 1.807) is 29.2 Å². The van der Waals surface area contributed by atoms with E-state index in [0.717, 1.165) is 29.7 Å². The second-order valence-electron chi connectivity index (χ2n) is 7.80. The number of rotatable bonds is 8. The molecule has 1 saturated heterocycles. The van der Waals surface area contributed by atoms with Crippen LogP contribution in [0.4, 0.5) is 13.2 Å². The smallest absolute Gasteiger partial charge is 0.421 e. The van der Waals surface area contributed by atoms with Gasteiger partial charge in [-0.2, -0.15) is 13.2 Å². The fraction of sp³-hybridized carbons (Fsp3) is 0.435. The van der Waals surface area contributed by atoms with Gasteiger partial charge in [-0.25, -0.2) is 0 Å². The molecule has 2 heterocycles. The summed E-state index contributed by atoms with van der Waals surface area (Å²) in [5.41, 5.74) is -1.97. The molecule has 1 N–H and O–H groups in total. The first-order valence-electron chi connectivity index (χ1n) is 10.8. The van der Waals surface area contributed by atoms with Gasteiger partial charge in [0.25, 0.3) is 11.5 Å². The van der Waals surface area contributed by atoms with Gasteiger partial charge in [-0.3, -0.25) is 14.4 Å². The van der Waals surface area contributed by atoms with Gasteiger partial charge in [0.05, 0.1) is 6.04 Å². The van der Waals surface area contributed by atoms with E-state index < -0.39 is 35.8 Å². The van der Waals surface area contributed by atoms with Gasteiger partial charge >= 0.3 is 6.18 Å². The van der Waals surface area contributed by atoms with E-state index in [-0.39, 0.29) is 12.5 Å². The normalized spacial score (nSPS) is 14.7. The van der Waals surface area contributed by atoms with Crippen LogP contribution in [0, 0.1) is 0 Å². The van der Waals surface area contributed by atoms with E-state index in [4.69, 9.17) is 4.74 Å². The van der Waals surface area contributed by atoms with Crippen LogP contribution in [0.25, 0.3) is 0 Å². The Hall–Kier alpha value is -3.30. The number of carbonyl (C=O) groups excluding carboxylic acids is 2. The molecule has 0 saturated carbocycles. The summed E-state index contributed by atoms with van der Waals surface area (Å²) in [6.07, 6.45) is -1.25. The number of nitrogens with one attached hydrogen (secondary N) is 1. The van der Waals surface area contributed by atoms with E-state index in [1.807, 2.05) is 6.92 Å². The minimum absolute atomic E-state index is 0.108. The molecule has 1 aliphatic rings. The highest BCUT2D eigenvalue weighted by atomic mass is 19.4. The van der Waals surface area contributed by atoms with Gasteiger partial charge in [-0.1, -0.05) is 25.1 Å². The van der Waals surface area contributed by atoms with Crippen molar-refractivity contribution in [3.63, 3.8) is 0 Å². The molecule has 0 bridgehead atoms. The Balaban J connectivity index is 1.69. The van der Waals surface area contributed by atoms with Crippen molar-refractivity contribution in [3.05, 3.63) is 64.1 Å². The van der Waals surface area contributed by atoms with Crippen LogP contribution in [0.3, 0.4) is 0 Å². The monoisotopic (exact) mass is 465 g/mol. The Morgan fingerprint density at radius 1 is 1.12 bits per heavy atom. The third-order valence-electron chi connectivity index (χ3n) is 5.49. The number of benzene rings is 1. The second-order valence-corrected chi connectivity index (χ2v) is 7.80. The average Bonchev–Trinajstić information content (AvgIpc) is 3.32. The Morgan fingerprint density at radius 2 is 1.82 bits per heavy atom. The molecule has 1 aromatic carbocycles. The van der Waals surface area contributed by atoms with Crippen molar-refractivity contribution < 1.29 is 27.5 Å². The van der Waals surface area contributed by atoms with Crippen LogP contribution in [-0.2, 0) is 22.3 Å². The number of para-hydroxylation sites is 1. The van der Waals surface area contributed by atoms with Gasteiger partial charge in [0.1, 0.15) is 17.9 Å². The number of likely N-dealkylation sites (tertiary alicyclic amines) is 1. The van der Waals surface area contributed by atoms with Gasteiger partial charge in [0, 0.05) is 24.8 Å². The van der Waals surface area contributed by atoms with Crippen molar-refractivity contribution in [2.45, 2.75) is 44.9 Å². The molecule has 178 valence electrons. The maximum Gasteiger partial charge on any atom is 0.421 e. The number of carbonyl (C=O) groups is 2. The number of amides is 2. The molecule has 10 heteroatoms. The van der Waals surface area contributed by atoms with Crippen LogP contribution in [0.2, 0.25) is 0 Å². The summed E-state index contributed by atoms with van der Waals surface area (Å²) in [6.45, 7) is 2.57. The molecule has 7 nitrogen and oxygen atoms in total. The molecule has 2 aromatic rings. The lowest BCUT2D eigenvalue weighted by Gasteiger charge is -2.22. The topological polar surface area (TPSA) is 80.6 Å². The maximum absolute atomic E-state index is 13.0. The molecule has 2 amide bonds. The fourth-order valence-corrected chi connectivity index (χ4v) is 3.77. The lowest BCUT2D eigenvalue weighted by Crippen LogP contribution is -2.36. The van der Waals surface area contributed by atoms with Crippen molar-refractivity contribution in [3.8, 4) is 5.75 Å². The summed E-state index contributed by atoms with van der Waals surface area (Å²) >= 11 is 0. The molecule has 3 rings (SSSR count). The van der Waals surface area contributed by atoms with E-state index in [0.29, 0.717) is 36.9 Å². The SMILES string of the molecule is CCC(NC(=O)Cn1cccc(C(F)(F)F)c1=O)c1ccccc1OCC(=O)N1CCCC1. The largest absolute Gasteiger partial charge is 0.483 e. The zero-order valence-electron chi connectivity index (χ0n) is 18.2. The summed E-state index contributed by atoms with van der Waals surface area (Å²) in [7, 11) is 0. The zero-order valence-corrected chi connectivity index (χ0v) is 18.2. The molecule has 0 aliphatic carbocycles. The van der Waals surface area contributed by atoms with Gasteiger partial charge in [-0.15, -0.1) is 0 Å². The Labute approximate surface area is 189 Å². The lowest BCUT2D eigenvalue weighted by molar-refractivity contribution is -0.139. The molecule has 0 spiro atoms. The fourth-order valence-electron chi connectivity index (χ4n) is 3.77. The van der Waals surface area contributed by atoms with Crippen molar-refractivity contribution in [2.75, 3.05) is 19.7 Å². The minimum Gasteiger partial charge on any atom is -0.483 e. The van der Waals surface area contributed by atoms with Crippen molar-refractivity contribution in [2.24, 2.45) is 0 Å². The average molecular weight is 465 g/mol. The Morgan fingerprint density at radius 3 is 2.48 bits per heavy atom. The van der Waals surface area contributed by atoms with Crippen LogP contribution in [-0.4, -0.2) is 41.0 Å². The maximum atomic E-state index is 13.0. The number of hydrogen-bond donors (Lipinski definition) is 1. The number of hydrogen-bond acceptors (Lipinski definition) is 4. The highest BCUT2D eigenvalue weighted by Gasteiger charge is 2.34. The highest BCUT2D eigenvalue weighted by Crippen LogP contribution is 2.28. The van der Waals surface area contributed by atoms with Gasteiger partial charge in [-0.05, 0) is 37.5 Å². The van der Waals surface area contributed by atoms with Crippen LogP contribution in [0.15, 0.2) is 47.4 Å². The second kappa shape index (κ2) is 10.5. The van der Waals surface area contributed by atoms with E-state index in [2.05, 4.69) is 5.32 Å². The van der Waals surface area contributed by atoms with Crippen LogP contribution in [0.5, 0.6) is 5.75 Å². The van der Waals surface area contributed by atoms with E-state index in [1.165, 1.54) is 0 Å². The highest BCUT2D eigenvalue weighted by molar-refractivity contribution is 5.78. The van der Waals surface area contributed by atoms with Gasteiger partial charge in [0.15, 0.2) is 6.61 Å². The van der Waals surface area contributed by atoms with Crippen LogP contribution < -0.4 is 15.6 Å². The number of ether oxygens (including phenoxy) is 1. The molecule has 1 aliphatic heterocycles. The van der Waals surface area contributed by atoms with Crippen molar-refractivity contribution >= 4 is 11.8 Å². The third kappa shape index (κ3) is 6.15. The molecule has 0 radical (unpaired) electrons. The van der Waals surface area contributed by atoms with E-state index >= 15 is 0 Å². The molecule has 33 heavy (non-hydrogen) atoms. The Bertz CT molecular complexity index is 1050. The van der Waals surface area contributed by atoms with Crippen LogP contribution in [0.1, 0.15) is 43.4 Å². The predicted octanol–water partition coefficient (Wildman–Crippen LogP) is 3.14. The Kier molecular flexibility index (Phi) is 7.78. The molecule has 1 fully saturated rings. The van der Waals surface area contributed by atoms with Crippen LogP contribution >= 0.6 is 0 Å². The number of nitrogens with zero attached hydrogens (tertiary/aromatic N) is 2. The zero-order chi connectivity index (χ0) is 24.0. The first-order chi connectivity index (χ1) is 15.7. The predicted molar refractivity (Wildman–Crippen MR) is 115 cm³/mol. The first kappa shape index (κ1) is 24.3. The van der Waals surface area contributed by atoms with Gasteiger partial charge < -0.3 is 19.5 Å². The number of aromatic nitrogens is 1. The summed E-state index contributed by atoms with van der Waals surface area (Å²) in [5.74, 6) is -0.289. The molecule has 1 atom stereocenters. The number of halogens is 3. The number of pyridine rings is 1. The van der Waals surface area contributed by atoms with Gasteiger partial charge in [0.2, 0.25) is 5.91 Å². The summed E-state index contributed by atoms with van der Waals surface area (Å²) in [4.78, 5) is 38.7. The molecular weight excluding hydrogens is 439 g/mol. The summed E-state index contributed by atoms with van der Waals surface area (Å²) in [6, 6.07) is 8.20. The number of alkyl halides is 3. The standard InChI is InChI=1S/C23H26F3N3O4/c1-2-18(27-20(30)14-29-13-7-9-17(22(29)32)23(24,25)26)16-8-3-4-10-19(16)33-15-21(31)28-11-5-6-12-28/h3-4,7-10,13,18H,2,5-6,11-12,14-15H2,1H3,(H,27,30). The quantitative estimate of drug-likeness (QED) is 0.650. The van der Waals surface area contributed by atoms with Crippen molar-refractivity contribution in [1.82, 2.24) is 14.8 Å². The molecular formula is C23H26F3N3O4. The summed E-state index contributed by atoms with van der Waals surface area (Å²) < 4.78 is 45.4. The van der Waals surface area contributed by atoms with Crippen molar-refractivity contribution in [1.29, 1.82) is 0 Å².